The summed E-state index contributed by atoms with van der Waals surface area (Å²) in [6, 6.07) is 24.4. The normalized spacial score (nSPS) is 11.5. The van der Waals surface area contributed by atoms with Gasteiger partial charge in [0.15, 0.2) is 11.5 Å². The van der Waals surface area contributed by atoms with E-state index in [0.717, 1.165) is 16.7 Å². The second-order valence-electron chi connectivity index (χ2n) is 8.23. The fourth-order valence-corrected chi connectivity index (χ4v) is 4.25. The van der Waals surface area contributed by atoms with Gasteiger partial charge in [0.1, 0.15) is 0 Å². The van der Waals surface area contributed by atoms with Crippen molar-refractivity contribution < 1.29 is 22.1 Å². The second kappa shape index (κ2) is 11.2. The molecule has 0 N–H and O–H groups in total. The summed E-state index contributed by atoms with van der Waals surface area (Å²) in [5.41, 5.74) is 2.57. The van der Waals surface area contributed by atoms with Crippen LogP contribution in [0.4, 0.5) is 0 Å². The van der Waals surface area contributed by atoms with E-state index in [-0.39, 0.29) is 23.5 Å². The Labute approximate surface area is 202 Å². The summed E-state index contributed by atoms with van der Waals surface area (Å²) >= 11 is 0. The lowest BCUT2D eigenvalue weighted by molar-refractivity contribution is -0.134. The van der Waals surface area contributed by atoms with E-state index in [9.17, 15) is 13.2 Å². The minimum atomic E-state index is -3.73. The highest BCUT2D eigenvalue weighted by atomic mass is 32.2. The number of amides is 1. The fraction of sp³-hybridized carbons (Fsp3) is 0.296. The van der Waals surface area contributed by atoms with Gasteiger partial charge in [0.05, 0.1) is 18.8 Å². The highest BCUT2D eigenvalue weighted by Crippen LogP contribution is 2.32. The molecule has 0 bridgehead atoms. The highest BCUT2D eigenvalue weighted by Gasteiger charge is 2.29. The molecule has 3 rings (SSSR count). The number of ether oxygens (including phenoxy) is 1. The minimum absolute atomic E-state index is 0.0353. The molecule has 0 spiro atoms. The van der Waals surface area contributed by atoms with E-state index in [0.29, 0.717) is 12.3 Å². The molecule has 0 unspecified atom stereocenters. The lowest BCUT2D eigenvalue weighted by atomic mass is 9.89. The number of benzene rings is 3. The van der Waals surface area contributed by atoms with Crippen LogP contribution in [0.25, 0.3) is 0 Å². The van der Waals surface area contributed by atoms with Crippen molar-refractivity contribution in [1.82, 2.24) is 4.90 Å². The first kappa shape index (κ1) is 25.3. The molecule has 0 saturated carbocycles. The number of hydrogen-bond donors (Lipinski definition) is 0. The average Bonchev–Trinajstić information content (AvgIpc) is 2.83. The number of nitrogens with zero attached hydrogens (tertiary/aromatic N) is 1. The van der Waals surface area contributed by atoms with Crippen molar-refractivity contribution in [2.75, 3.05) is 12.9 Å². The molecule has 6 nitrogen and oxygen atoms in total. The Bertz CT molecular complexity index is 1150. The summed E-state index contributed by atoms with van der Waals surface area (Å²) in [6.07, 6.45) is 0. The van der Waals surface area contributed by atoms with Crippen LogP contribution in [0, 0.1) is 0 Å². The molecule has 0 aliphatic carbocycles. The molecule has 0 aliphatic rings. The standard InChI is InChI=1S/C27H31NO5S/c1-5-34(30,31)33-25-18-21(16-17-24(25)32-4)19-28(20(2)3)27(29)26(22-12-8-6-9-13-22)23-14-10-7-11-15-23/h6-18,20,26H,5,19H2,1-4H3. The summed E-state index contributed by atoms with van der Waals surface area (Å²) in [7, 11) is -2.28. The Balaban J connectivity index is 1.97. The molecule has 3 aromatic rings. The molecule has 180 valence electrons. The summed E-state index contributed by atoms with van der Waals surface area (Å²) < 4.78 is 34.6. The maximum atomic E-state index is 13.9. The SMILES string of the molecule is CCS(=O)(=O)Oc1cc(CN(C(=O)C(c2ccccc2)c2ccccc2)C(C)C)ccc1OC. The van der Waals surface area contributed by atoms with E-state index >= 15 is 0 Å². The van der Waals surface area contributed by atoms with Crippen LogP contribution < -0.4 is 8.92 Å². The Morgan fingerprint density at radius 2 is 1.44 bits per heavy atom. The summed E-state index contributed by atoms with van der Waals surface area (Å²) in [5, 5.41) is 0. The maximum Gasteiger partial charge on any atom is 0.309 e. The van der Waals surface area contributed by atoms with Crippen LogP contribution in [0.15, 0.2) is 78.9 Å². The van der Waals surface area contributed by atoms with Gasteiger partial charge in [-0.1, -0.05) is 66.7 Å². The zero-order valence-corrected chi connectivity index (χ0v) is 20.8. The van der Waals surface area contributed by atoms with Crippen molar-refractivity contribution in [2.45, 2.75) is 39.3 Å². The first-order valence-corrected chi connectivity index (χ1v) is 12.8. The quantitative estimate of drug-likeness (QED) is 0.381. The van der Waals surface area contributed by atoms with Gasteiger partial charge in [-0.05, 0) is 49.6 Å². The van der Waals surface area contributed by atoms with Gasteiger partial charge >= 0.3 is 10.1 Å². The molecule has 0 heterocycles. The minimum Gasteiger partial charge on any atom is -0.493 e. The molecular weight excluding hydrogens is 450 g/mol. The van der Waals surface area contributed by atoms with E-state index in [4.69, 9.17) is 8.92 Å². The van der Waals surface area contributed by atoms with E-state index < -0.39 is 16.0 Å². The Morgan fingerprint density at radius 3 is 1.91 bits per heavy atom. The lowest BCUT2D eigenvalue weighted by Crippen LogP contribution is -2.40. The van der Waals surface area contributed by atoms with Gasteiger partial charge in [-0.15, -0.1) is 0 Å². The van der Waals surface area contributed by atoms with Gasteiger partial charge < -0.3 is 13.8 Å². The predicted molar refractivity (Wildman–Crippen MR) is 133 cm³/mol. The lowest BCUT2D eigenvalue weighted by Gasteiger charge is -2.31. The van der Waals surface area contributed by atoms with E-state index in [1.165, 1.54) is 14.0 Å². The van der Waals surface area contributed by atoms with Crippen molar-refractivity contribution in [3.63, 3.8) is 0 Å². The third-order valence-electron chi connectivity index (χ3n) is 5.57. The van der Waals surface area contributed by atoms with Gasteiger partial charge in [-0.25, -0.2) is 0 Å². The zero-order valence-electron chi connectivity index (χ0n) is 20.0. The first-order valence-electron chi connectivity index (χ1n) is 11.2. The second-order valence-corrected chi connectivity index (χ2v) is 10.1. The molecular formula is C27H31NO5S. The van der Waals surface area contributed by atoms with Crippen LogP contribution in [0.3, 0.4) is 0 Å². The van der Waals surface area contributed by atoms with E-state index in [1.807, 2.05) is 80.6 Å². The molecule has 7 heteroatoms. The van der Waals surface area contributed by atoms with Gasteiger partial charge in [0, 0.05) is 12.6 Å². The Kier molecular flexibility index (Phi) is 8.34. The number of carbonyl (C=O) groups excluding carboxylic acids is 1. The van der Waals surface area contributed by atoms with Crippen LogP contribution in [0.1, 0.15) is 43.4 Å². The van der Waals surface area contributed by atoms with E-state index in [1.54, 1.807) is 17.0 Å². The molecule has 0 atom stereocenters. The number of carbonyl (C=O) groups is 1. The smallest absolute Gasteiger partial charge is 0.309 e. The monoisotopic (exact) mass is 481 g/mol. The zero-order chi connectivity index (χ0) is 24.7. The number of rotatable bonds is 10. The summed E-state index contributed by atoms with van der Waals surface area (Å²) in [4.78, 5) is 15.7. The largest absolute Gasteiger partial charge is 0.493 e. The molecule has 0 aromatic heterocycles. The van der Waals surface area contributed by atoms with Crippen molar-refractivity contribution in [3.05, 3.63) is 95.6 Å². The third-order valence-corrected chi connectivity index (χ3v) is 6.71. The van der Waals surface area contributed by atoms with Crippen molar-refractivity contribution in [3.8, 4) is 11.5 Å². The molecule has 0 aliphatic heterocycles. The van der Waals surface area contributed by atoms with Crippen LogP contribution in [-0.2, 0) is 21.5 Å². The molecule has 0 radical (unpaired) electrons. The van der Waals surface area contributed by atoms with Crippen LogP contribution >= 0.6 is 0 Å². The Morgan fingerprint density at radius 1 is 0.882 bits per heavy atom. The van der Waals surface area contributed by atoms with Gasteiger partial charge in [0.2, 0.25) is 5.91 Å². The van der Waals surface area contributed by atoms with Crippen molar-refractivity contribution in [1.29, 1.82) is 0 Å². The number of methoxy groups -OCH3 is 1. The molecule has 34 heavy (non-hydrogen) atoms. The predicted octanol–water partition coefficient (Wildman–Crippen LogP) is 4.99. The topological polar surface area (TPSA) is 72.9 Å². The Hall–Kier alpha value is -3.32. The van der Waals surface area contributed by atoms with Gasteiger partial charge in [-0.3, -0.25) is 4.79 Å². The molecule has 0 fully saturated rings. The molecule has 1 amide bonds. The van der Waals surface area contributed by atoms with E-state index in [2.05, 4.69) is 0 Å². The third kappa shape index (κ3) is 6.17. The fourth-order valence-electron chi connectivity index (χ4n) is 3.73. The summed E-state index contributed by atoms with van der Waals surface area (Å²) in [6.45, 7) is 5.73. The highest BCUT2D eigenvalue weighted by molar-refractivity contribution is 7.87. The first-order chi connectivity index (χ1) is 16.3. The van der Waals surface area contributed by atoms with Crippen LogP contribution in [0.5, 0.6) is 11.5 Å². The van der Waals surface area contributed by atoms with Crippen LogP contribution in [-0.4, -0.2) is 38.1 Å². The van der Waals surface area contributed by atoms with Gasteiger partial charge in [-0.2, -0.15) is 8.42 Å². The molecule has 0 saturated heterocycles. The van der Waals surface area contributed by atoms with Gasteiger partial charge in [0.25, 0.3) is 0 Å². The van der Waals surface area contributed by atoms with Crippen molar-refractivity contribution in [2.24, 2.45) is 0 Å². The average molecular weight is 482 g/mol. The summed E-state index contributed by atoms with van der Waals surface area (Å²) in [5.74, 6) is -0.228. The van der Waals surface area contributed by atoms with Crippen LogP contribution in [0.2, 0.25) is 0 Å². The van der Waals surface area contributed by atoms with Crippen molar-refractivity contribution >= 4 is 16.0 Å². The molecule has 3 aromatic carbocycles. The number of hydrogen-bond acceptors (Lipinski definition) is 5. The maximum absolute atomic E-state index is 13.9.